The smallest absolute Gasteiger partial charge is 0.193 e. The zero-order valence-electron chi connectivity index (χ0n) is 15.8. The Morgan fingerprint density at radius 1 is 0.741 bits per heavy atom. The SMILES string of the molecule is CC(c1ccc(-c2ccc(C(=O)c3ccccc3)cc2)cc1)N1CCCC1. The topological polar surface area (TPSA) is 20.3 Å². The first-order chi connectivity index (χ1) is 13.2. The molecule has 2 heteroatoms. The van der Waals surface area contributed by atoms with E-state index in [9.17, 15) is 4.79 Å². The van der Waals surface area contributed by atoms with Crippen molar-refractivity contribution in [2.75, 3.05) is 13.1 Å². The molecule has 0 aromatic heterocycles. The van der Waals surface area contributed by atoms with Gasteiger partial charge in [0.1, 0.15) is 0 Å². The van der Waals surface area contributed by atoms with Gasteiger partial charge in [-0.1, -0.05) is 78.9 Å². The molecule has 1 atom stereocenters. The molecule has 1 fully saturated rings. The first kappa shape index (κ1) is 17.7. The van der Waals surface area contributed by atoms with E-state index in [1.807, 2.05) is 54.6 Å². The van der Waals surface area contributed by atoms with Gasteiger partial charge in [0.2, 0.25) is 0 Å². The van der Waals surface area contributed by atoms with Crippen LogP contribution in [-0.2, 0) is 0 Å². The minimum atomic E-state index is 0.0666. The standard InChI is InChI=1S/C25H25NO/c1-19(26-17-5-6-18-26)20-9-11-21(12-10-20)22-13-15-24(16-14-22)25(27)23-7-3-2-4-8-23/h2-4,7-16,19H,5-6,17-18H2,1H3. The Bertz CT molecular complexity index is 891. The van der Waals surface area contributed by atoms with E-state index in [4.69, 9.17) is 0 Å². The molecular formula is C25H25NO. The van der Waals surface area contributed by atoms with E-state index >= 15 is 0 Å². The predicted molar refractivity (Wildman–Crippen MR) is 111 cm³/mol. The molecule has 0 aliphatic carbocycles. The summed E-state index contributed by atoms with van der Waals surface area (Å²) in [5.41, 5.74) is 5.15. The second kappa shape index (κ2) is 7.89. The van der Waals surface area contributed by atoms with Crippen LogP contribution in [-0.4, -0.2) is 23.8 Å². The van der Waals surface area contributed by atoms with Crippen LogP contribution in [0.3, 0.4) is 0 Å². The molecule has 3 aromatic carbocycles. The lowest BCUT2D eigenvalue weighted by molar-refractivity contribution is 0.103. The number of benzene rings is 3. The molecule has 1 unspecified atom stereocenters. The lowest BCUT2D eigenvalue weighted by Crippen LogP contribution is -2.23. The van der Waals surface area contributed by atoms with Crippen LogP contribution < -0.4 is 0 Å². The Labute approximate surface area is 161 Å². The summed E-state index contributed by atoms with van der Waals surface area (Å²) in [4.78, 5) is 15.1. The Balaban J connectivity index is 1.49. The molecule has 27 heavy (non-hydrogen) atoms. The van der Waals surface area contributed by atoms with Crippen LogP contribution in [0.25, 0.3) is 11.1 Å². The fourth-order valence-corrected chi connectivity index (χ4v) is 3.86. The fourth-order valence-electron chi connectivity index (χ4n) is 3.86. The van der Waals surface area contributed by atoms with Gasteiger partial charge in [-0.15, -0.1) is 0 Å². The summed E-state index contributed by atoms with van der Waals surface area (Å²) in [6.07, 6.45) is 2.63. The van der Waals surface area contributed by atoms with E-state index in [1.165, 1.54) is 37.1 Å². The Kier molecular flexibility index (Phi) is 5.17. The molecule has 4 rings (SSSR count). The molecule has 1 aliphatic rings. The summed E-state index contributed by atoms with van der Waals surface area (Å²) in [5, 5.41) is 0. The minimum Gasteiger partial charge on any atom is -0.297 e. The van der Waals surface area contributed by atoms with Crippen LogP contribution in [0.4, 0.5) is 0 Å². The van der Waals surface area contributed by atoms with Gasteiger partial charge >= 0.3 is 0 Å². The summed E-state index contributed by atoms with van der Waals surface area (Å²) in [5.74, 6) is 0.0666. The van der Waals surface area contributed by atoms with Crippen molar-refractivity contribution in [2.45, 2.75) is 25.8 Å². The molecule has 0 radical (unpaired) electrons. The highest BCUT2D eigenvalue weighted by atomic mass is 16.1. The van der Waals surface area contributed by atoms with Gasteiger partial charge in [-0.2, -0.15) is 0 Å². The van der Waals surface area contributed by atoms with Crippen LogP contribution in [0.1, 0.15) is 47.3 Å². The fraction of sp³-hybridized carbons (Fsp3) is 0.240. The molecule has 0 bridgehead atoms. The summed E-state index contributed by atoms with van der Waals surface area (Å²) in [6.45, 7) is 4.71. The van der Waals surface area contributed by atoms with E-state index in [0.717, 1.165) is 16.7 Å². The maximum absolute atomic E-state index is 12.5. The van der Waals surface area contributed by atoms with Crippen molar-refractivity contribution in [3.05, 3.63) is 95.6 Å². The van der Waals surface area contributed by atoms with Crippen LogP contribution in [0.15, 0.2) is 78.9 Å². The molecular weight excluding hydrogens is 330 g/mol. The van der Waals surface area contributed by atoms with Crippen molar-refractivity contribution in [2.24, 2.45) is 0 Å². The number of rotatable bonds is 5. The van der Waals surface area contributed by atoms with Crippen LogP contribution in [0.2, 0.25) is 0 Å². The zero-order chi connectivity index (χ0) is 18.6. The summed E-state index contributed by atoms with van der Waals surface area (Å²) < 4.78 is 0. The van der Waals surface area contributed by atoms with Gasteiger partial charge in [0, 0.05) is 17.2 Å². The second-order valence-electron chi connectivity index (χ2n) is 7.31. The number of ketones is 1. The molecule has 0 N–H and O–H groups in total. The van der Waals surface area contributed by atoms with Crippen molar-refractivity contribution in [1.29, 1.82) is 0 Å². The lowest BCUT2D eigenvalue weighted by Gasteiger charge is -2.24. The number of hydrogen-bond acceptors (Lipinski definition) is 2. The van der Waals surface area contributed by atoms with Gasteiger partial charge in [0.15, 0.2) is 5.78 Å². The molecule has 1 aliphatic heterocycles. The molecule has 0 saturated carbocycles. The van der Waals surface area contributed by atoms with E-state index in [-0.39, 0.29) is 5.78 Å². The Hall–Kier alpha value is -2.71. The van der Waals surface area contributed by atoms with Gasteiger partial charge in [0.05, 0.1) is 0 Å². The molecule has 1 saturated heterocycles. The van der Waals surface area contributed by atoms with Gasteiger partial charge in [-0.3, -0.25) is 9.69 Å². The second-order valence-corrected chi connectivity index (χ2v) is 7.31. The average Bonchev–Trinajstić information content (AvgIpc) is 3.28. The Morgan fingerprint density at radius 3 is 1.85 bits per heavy atom. The van der Waals surface area contributed by atoms with Crippen LogP contribution in [0.5, 0.6) is 0 Å². The maximum Gasteiger partial charge on any atom is 0.193 e. The Morgan fingerprint density at radius 2 is 1.26 bits per heavy atom. The first-order valence-corrected chi connectivity index (χ1v) is 9.76. The number of nitrogens with zero attached hydrogens (tertiary/aromatic N) is 1. The van der Waals surface area contributed by atoms with Crippen molar-refractivity contribution >= 4 is 5.78 Å². The molecule has 0 amide bonds. The third kappa shape index (κ3) is 3.86. The van der Waals surface area contributed by atoms with E-state index in [2.05, 4.69) is 36.1 Å². The first-order valence-electron chi connectivity index (χ1n) is 9.76. The predicted octanol–water partition coefficient (Wildman–Crippen LogP) is 5.74. The van der Waals surface area contributed by atoms with E-state index < -0.39 is 0 Å². The number of carbonyl (C=O) groups excluding carboxylic acids is 1. The monoisotopic (exact) mass is 355 g/mol. The summed E-state index contributed by atoms with van der Waals surface area (Å²) in [7, 11) is 0. The molecule has 0 spiro atoms. The highest BCUT2D eigenvalue weighted by Gasteiger charge is 2.19. The number of hydrogen-bond donors (Lipinski definition) is 0. The highest BCUT2D eigenvalue weighted by Crippen LogP contribution is 2.27. The molecule has 136 valence electrons. The van der Waals surface area contributed by atoms with Gasteiger partial charge in [0.25, 0.3) is 0 Å². The highest BCUT2D eigenvalue weighted by molar-refractivity contribution is 6.09. The van der Waals surface area contributed by atoms with Crippen LogP contribution >= 0.6 is 0 Å². The van der Waals surface area contributed by atoms with Gasteiger partial charge < -0.3 is 0 Å². The van der Waals surface area contributed by atoms with Gasteiger partial charge in [-0.05, 0) is 49.5 Å². The van der Waals surface area contributed by atoms with Crippen molar-refractivity contribution in [1.82, 2.24) is 4.90 Å². The number of carbonyl (C=O) groups is 1. The van der Waals surface area contributed by atoms with Crippen molar-refractivity contribution < 1.29 is 4.79 Å². The van der Waals surface area contributed by atoms with Gasteiger partial charge in [-0.25, -0.2) is 0 Å². The average molecular weight is 355 g/mol. The van der Waals surface area contributed by atoms with Crippen molar-refractivity contribution in [3.63, 3.8) is 0 Å². The van der Waals surface area contributed by atoms with E-state index in [0.29, 0.717) is 6.04 Å². The third-order valence-corrected chi connectivity index (χ3v) is 5.60. The molecule has 3 aromatic rings. The van der Waals surface area contributed by atoms with E-state index in [1.54, 1.807) is 0 Å². The van der Waals surface area contributed by atoms with Crippen LogP contribution in [0, 0.1) is 0 Å². The zero-order valence-corrected chi connectivity index (χ0v) is 15.8. The quantitative estimate of drug-likeness (QED) is 0.544. The molecule has 2 nitrogen and oxygen atoms in total. The minimum absolute atomic E-state index is 0.0666. The summed E-state index contributed by atoms with van der Waals surface area (Å²) >= 11 is 0. The van der Waals surface area contributed by atoms with Crippen molar-refractivity contribution in [3.8, 4) is 11.1 Å². The largest absolute Gasteiger partial charge is 0.297 e. The number of likely N-dealkylation sites (tertiary alicyclic amines) is 1. The normalized spacial score (nSPS) is 15.6. The lowest BCUT2D eigenvalue weighted by atomic mass is 9.98. The third-order valence-electron chi connectivity index (χ3n) is 5.60. The summed E-state index contributed by atoms with van der Waals surface area (Å²) in [6, 6.07) is 26.7. The molecule has 1 heterocycles. The maximum atomic E-state index is 12.5.